The minimum Gasteiger partial charge on any atom is -0.481 e. The maximum absolute atomic E-state index is 11.6. The van der Waals surface area contributed by atoms with Gasteiger partial charge in [-0.25, -0.2) is 4.98 Å². The molecule has 1 aromatic heterocycles. The van der Waals surface area contributed by atoms with E-state index in [2.05, 4.69) is 4.98 Å². The van der Waals surface area contributed by atoms with Crippen LogP contribution in [0.4, 0.5) is 5.69 Å². The molecule has 0 saturated heterocycles. The van der Waals surface area contributed by atoms with Gasteiger partial charge in [0.05, 0.1) is 18.5 Å². The Morgan fingerprint density at radius 3 is 2.88 bits per heavy atom. The summed E-state index contributed by atoms with van der Waals surface area (Å²) in [5.74, 6) is 0.305. The molecule has 1 amide bonds. The van der Waals surface area contributed by atoms with Crippen LogP contribution >= 0.6 is 0 Å². The van der Waals surface area contributed by atoms with Crippen LogP contribution in [0.1, 0.15) is 19.5 Å². The Balaban J connectivity index is 2.49. The summed E-state index contributed by atoms with van der Waals surface area (Å²) in [6.45, 7) is 3.33. The van der Waals surface area contributed by atoms with Crippen LogP contribution in [0.25, 0.3) is 0 Å². The van der Waals surface area contributed by atoms with Crippen molar-refractivity contribution in [3.63, 3.8) is 0 Å². The fraction of sp³-hybridized carbons (Fsp3) is 0.500. The van der Waals surface area contributed by atoms with Crippen molar-refractivity contribution < 1.29 is 14.6 Å². The summed E-state index contributed by atoms with van der Waals surface area (Å²) >= 11 is 0. The van der Waals surface area contributed by atoms with Crippen molar-refractivity contribution in [1.82, 2.24) is 4.98 Å². The van der Waals surface area contributed by atoms with E-state index in [1.165, 1.54) is 11.8 Å². The van der Waals surface area contributed by atoms with Gasteiger partial charge in [0.15, 0.2) is 0 Å². The first-order chi connectivity index (χ1) is 8.04. The van der Waals surface area contributed by atoms with Crippen LogP contribution in [0.5, 0.6) is 5.88 Å². The maximum atomic E-state index is 11.6. The lowest BCUT2D eigenvalue weighted by molar-refractivity contribution is -0.119. The Morgan fingerprint density at radius 1 is 1.59 bits per heavy atom. The number of aromatic nitrogens is 1. The molecular formula is C12H16N2O3. The molecule has 1 unspecified atom stereocenters. The van der Waals surface area contributed by atoms with Crippen molar-refractivity contribution in [2.45, 2.75) is 26.5 Å². The number of ether oxygens (including phenoxy) is 1. The molecule has 1 aromatic rings. The zero-order chi connectivity index (χ0) is 12.6. The van der Waals surface area contributed by atoms with Gasteiger partial charge in [0.2, 0.25) is 11.8 Å². The Morgan fingerprint density at radius 2 is 2.29 bits per heavy atom. The highest BCUT2D eigenvalue weighted by molar-refractivity contribution is 5.93. The molecule has 0 bridgehead atoms. The molecule has 5 heteroatoms. The molecule has 1 aliphatic heterocycles. The molecule has 0 radical (unpaired) electrons. The molecule has 1 N–H and O–H groups in total. The number of nitrogens with zero attached hydrogens (tertiary/aromatic N) is 2. The second-order valence-corrected chi connectivity index (χ2v) is 4.30. The first-order valence-electron chi connectivity index (χ1n) is 5.56. The molecule has 0 aromatic carbocycles. The normalized spacial score (nSPS) is 23.2. The smallest absolute Gasteiger partial charge is 0.226 e. The number of aliphatic hydroxyl groups excluding tert-OH is 1. The van der Waals surface area contributed by atoms with Crippen molar-refractivity contribution >= 4 is 11.6 Å². The third-order valence-corrected chi connectivity index (χ3v) is 3.02. The quantitative estimate of drug-likeness (QED) is 0.788. The number of pyridine rings is 1. The van der Waals surface area contributed by atoms with Crippen LogP contribution in [-0.2, 0) is 11.2 Å². The lowest BCUT2D eigenvalue weighted by Crippen LogP contribution is -2.47. The van der Waals surface area contributed by atoms with E-state index in [0.717, 1.165) is 5.69 Å². The zero-order valence-electron chi connectivity index (χ0n) is 10.2. The van der Waals surface area contributed by atoms with Crippen LogP contribution in [0.15, 0.2) is 12.1 Å². The third-order valence-electron chi connectivity index (χ3n) is 3.02. The van der Waals surface area contributed by atoms with Gasteiger partial charge in [0.1, 0.15) is 6.23 Å². The molecule has 2 heterocycles. The zero-order valence-corrected chi connectivity index (χ0v) is 10.2. The number of methoxy groups -OCH3 is 1. The van der Waals surface area contributed by atoms with E-state index in [0.29, 0.717) is 18.0 Å². The van der Waals surface area contributed by atoms with Crippen molar-refractivity contribution in [3.05, 3.63) is 17.8 Å². The lowest BCUT2D eigenvalue weighted by Gasteiger charge is -2.36. The van der Waals surface area contributed by atoms with Gasteiger partial charge in [-0.1, -0.05) is 6.92 Å². The van der Waals surface area contributed by atoms with E-state index in [-0.39, 0.29) is 11.8 Å². The van der Waals surface area contributed by atoms with Crippen LogP contribution in [0.3, 0.4) is 0 Å². The molecule has 0 aliphatic carbocycles. The number of carbonyl (C=O) groups excluding carboxylic acids is 1. The number of hydrogen-bond acceptors (Lipinski definition) is 4. The van der Waals surface area contributed by atoms with E-state index in [4.69, 9.17) is 4.74 Å². The summed E-state index contributed by atoms with van der Waals surface area (Å²) in [5, 5.41) is 10.0. The van der Waals surface area contributed by atoms with E-state index in [1.807, 2.05) is 6.92 Å². The van der Waals surface area contributed by atoms with Crippen molar-refractivity contribution in [3.8, 4) is 5.88 Å². The number of carbonyl (C=O) groups is 1. The van der Waals surface area contributed by atoms with Gasteiger partial charge >= 0.3 is 0 Å². The summed E-state index contributed by atoms with van der Waals surface area (Å²) in [6, 6.07) is 3.45. The van der Waals surface area contributed by atoms with Crippen molar-refractivity contribution in [1.29, 1.82) is 0 Å². The standard InChI is InChI=1S/C12H16N2O3/c1-7-6-9-10(4-5-11(13-9)17-3)14(8(2)15)12(7)16/h4-5,7,12,16H,6H2,1-3H3/t7?,12-/m0/s1. The predicted octanol–water partition coefficient (Wildman–Crippen LogP) is 0.954. The van der Waals surface area contributed by atoms with Gasteiger partial charge in [0.25, 0.3) is 0 Å². The summed E-state index contributed by atoms with van der Waals surface area (Å²) in [4.78, 5) is 17.3. The van der Waals surface area contributed by atoms with Crippen LogP contribution in [0, 0.1) is 5.92 Å². The fourth-order valence-corrected chi connectivity index (χ4v) is 2.12. The number of rotatable bonds is 1. The molecule has 0 spiro atoms. The number of fused-ring (bicyclic) bond motifs is 1. The molecule has 2 atom stereocenters. The van der Waals surface area contributed by atoms with Gasteiger partial charge in [-0.2, -0.15) is 0 Å². The van der Waals surface area contributed by atoms with E-state index >= 15 is 0 Å². The molecule has 2 rings (SSSR count). The number of aliphatic hydroxyl groups is 1. The van der Waals surface area contributed by atoms with E-state index in [9.17, 15) is 9.90 Å². The monoisotopic (exact) mass is 236 g/mol. The van der Waals surface area contributed by atoms with Gasteiger partial charge in [-0.3, -0.25) is 9.69 Å². The van der Waals surface area contributed by atoms with Gasteiger partial charge < -0.3 is 9.84 Å². The highest BCUT2D eigenvalue weighted by atomic mass is 16.5. The number of amides is 1. The van der Waals surface area contributed by atoms with Gasteiger partial charge in [-0.15, -0.1) is 0 Å². The first kappa shape index (κ1) is 11.9. The Bertz CT molecular complexity index is 447. The predicted molar refractivity (Wildman–Crippen MR) is 62.8 cm³/mol. The van der Waals surface area contributed by atoms with E-state index < -0.39 is 6.23 Å². The molecule has 92 valence electrons. The van der Waals surface area contributed by atoms with Crippen molar-refractivity contribution in [2.75, 3.05) is 12.0 Å². The lowest BCUT2D eigenvalue weighted by atomic mass is 9.96. The summed E-state index contributed by atoms with van der Waals surface area (Å²) in [5.41, 5.74) is 1.46. The highest BCUT2D eigenvalue weighted by Gasteiger charge is 2.33. The van der Waals surface area contributed by atoms with E-state index in [1.54, 1.807) is 19.2 Å². The largest absolute Gasteiger partial charge is 0.481 e. The summed E-state index contributed by atoms with van der Waals surface area (Å²) in [7, 11) is 1.55. The van der Waals surface area contributed by atoms with Crippen LogP contribution in [0.2, 0.25) is 0 Å². The van der Waals surface area contributed by atoms with Gasteiger partial charge in [-0.05, 0) is 12.5 Å². The molecule has 0 fully saturated rings. The Hall–Kier alpha value is -1.62. The molecule has 17 heavy (non-hydrogen) atoms. The third kappa shape index (κ3) is 1.98. The first-order valence-corrected chi connectivity index (χ1v) is 5.56. The maximum Gasteiger partial charge on any atom is 0.226 e. The van der Waals surface area contributed by atoms with Gasteiger partial charge in [0, 0.05) is 18.9 Å². The average molecular weight is 236 g/mol. The van der Waals surface area contributed by atoms with Crippen molar-refractivity contribution in [2.24, 2.45) is 5.92 Å². The molecule has 5 nitrogen and oxygen atoms in total. The minimum absolute atomic E-state index is 0.0361. The molecule has 1 aliphatic rings. The summed E-state index contributed by atoms with van der Waals surface area (Å²) in [6.07, 6.45) is -0.146. The van der Waals surface area contributed by atoms with Crippen LogP contribution < -0.4 is 9.64 Å². The Labute approximate surface area is 100 Å². The summed E-state index contributed by atoms with van der Waals surface area (Å²) < 4.78 is 5.06. The second-order valence-electron chi connectivity index (χ2n) is 4.30. The molecule has 0 saturated carbocycles. The number of hydrogen-bond donors (Lipinski definition) is 1. The Kier molecular flexibility index (Phi) is 3.02. The van der Waals surface area contributed by atoms with Crippen LogP contribution in [-0.4, -0.2) is 29.3 Å². The average Bonchev–Trinajstić information content (AvgIpc) is 2.29. The molecular weight excluding hydrogens is 220 g/mol. The topological polar surface area (TPSA) is 62.7 Å². The number of anilines is 1. The highest BCUT2D eigenvalue weighted by Crippen LogP contribution is 2.33. The fourth-order valence-electron chi connectivity index (χ4n) is 2.12. The second kappa shape index (κ2) is 4.33. The minimum atomic E-state index is -0.782. The SMILES string of the molecule is COc1ccc2c(n1)CC(C)[C@H](O)N2C(C)=O.